The van der Waals surface area contributed by atoms with Gasteiger partial charge in [-0.2, -0.15) is 0 Å². The molecular formula is C14H18N4O2. The largest absolute Gasteiger partial charge is 0.329 e. The van der Waals surface area contributed by atoms with Gasteiger partial charge in [0.15, 0.2) is 0 Å². The van der Waals surface area contributed by atoms with Gasteiger partial charge in [-0.1, -0.05) is 13.8 Å². The van der Waals surface area contributed by atoms with Crippen molar-refractivity contribution < 1.29 is 9.59 Å². The smallest absolute Gasteiger partial charge is 0.286 e. The molecule has 1 fully saturated rings. The molecule has 6 heteroatoms. The number of imide groups is 1. The monoisotopic (exact) mass is 274 g/mol. The van der Waals surface area contributed by atoms with Crippen LogP contribution >= 0.6 is 0 Å². The molecule has 1 N–H and O–H groups in total. The average molecular weight is 274 g/mol. The topological polar surface area (TPSA) is 66.7 Å². The van der Waals surface area contributed by atoms with Crippen LogP contribution in [0.25, 0.3) is 5.65 Å². The Kier molecular flexibility index (Phi) is 4.02. The first kappa shape index (κ1) is 14.0. The SMILES string of the molecule is CC.Cc1ccn2c(N3CCC(=O)NC3=O)cnc2c1. The molecule has 20 heavy (non-hydrogen) atoms. The fourth-order valence-corrected chi connectivity index (χ4v) is 2.05. The van der Waals surface area contributed by atoms with E-state index < -0.39 is 6.03 Å². The lowest BCUT2D eigenvalue weighted by atomic mass is 10.3. The summed E-state index contributed by atoms with van der Waals surface area (Å²) in [5.41, 5.74) is 1.90. The zero-order chi connectivity index (χ0) is 14.7. The first-order chi connectivity index (χ1) is 9.65. The summed E-state index contributed by atoms with van der Waals surface area (Å²) in [5.74, 6) is 0.441. The molecule has 0 bridgehead atoms. The van der Waals surface area contributed by atoms with Crippen LogP contribution in [-0.4, -0.2) is 27.9 Å². The summed E-state index contributed by atoms with van der Waals surface area (Å²) in [6.07, 6.45) is 3.83. The van der Waals surface area contributed by atoms with Crippen molar-refractivity contribution in [3.05, 3.63) is 30.1 Å². The predicted octanol–water partition coefficient (Wildman–Crippen LogP) is 2.12. The van der Waals surface area contributed by atoms with Crippen molar-refractivity contribution >= 4 is 23.4 Å². The molecule has 1 aliphatic rings. The van der Waals surface area contributed by atoms with Crippen molar-refractivity contribution in [3.63, 3.8) is 0 Å². The highest BCUT2D eigenvalue weighted by Crippen LogP contribution is 2.19. The number of hydrogen-bond donors (Lipinski definition) is 1. The third kappa shape index (κ3) is 2.49. The zero-order valence-corrected chi connectivity index (χ0v) is 11.9. The summed E-state index contributed by atoms with van der Waals surface area (Å²) in [4.78, 5) is 28.7. The van der Waals surface area contributed by atoms with Gasteiger partial charge in [0.2, 0.25) is 5.91 Å². The number of hydrogen-bond acceptors (Lipinski definition) is 3. The number of amides is 3. The van der Waals surface area contributed by atoms with E-state index in [0.717, 1.165) is 11.2 Å². The number of nitrogens with zero attached hydrogens (tertiary/aromatic N) is 3. The van der Waals surface area contributed by atoms with Crippen LogP contribution in [0.3, 0.4) is 0 Å². The van der Waals surface area contributed by atoms with Crippen LogP contribution in [0.2, 0.25) is 0 Å². The van der Waals surface area contributed by atoms with E-state index in [9.17, 15) is 9.59 Å². The van der Waals surface area contributed by atoms with Crippen LogP contribution in [0, 0.1) is 6.92 Å². The second kappa shape index (κ2) is 5.73. The normalized spacial score (nSPS) is 14.8. The number of pyridine rings is 1. The Hall–Kier alpha value is -2.37. The van der Waals surface area contributed by atoms with Crippen molar-refractivity contribution in [1.82, 2.24) is 14.7 Å². The molecule has 0 radical (unpaired) electrons. The number of rotatable bonds is 1. The third-order valence-corrected chi connectivity index (χ3v) is 2.98. The van der Waals surface area contributed by atoms with Crippen LogP contribution in [0.1, 0.15) is 25.8 Å². The molecule has 3 rings (SSSR count). The first-order valence-electron chi connectivity index (χ1n) is 6.70. The number of carbonyl (C=O) groups is 2. The lowest BCUT2D eigenvalue weighted by Crippen LogP contribution is -2.50. The van der Waals surface area contributed by atoms with E-state index in [2.05, 4.69) is 10.3 Å². The van der Waals surface area contributed by atoms with E-state index in [1.54, 1.807) is 6.20 Å². The number of aromatic nitrogens is 2. The third-order valence-electron chi connectivity index (χ3n) is 2.98. The van der Waals surface area contributed by atoms with Gasteiger partial charge in [-0.15, -0.1) is 0 Å². The Morgan fingerprint density at radius 2 is 2.05 bits per heavy atom. The Morgan fingerprint density at radius 1 is 1.30 bits per heavy atom. The average Bonchev–Trinajstić information content (AvgIpc) is 2.84. The molecule has 0 unspecified atom stereocenters. The van der Waals surface area contributed by atoms with Gasteiger partial charge in [0, 0.05) is 19.2 Å². The van der Waals surface area contributed by atoms with E-state index in [-0.39, 0.29) is 5.91 Å². The van der Waals surface area contributed by atoms with Gasteiger partial charge in [-0.3, -0.25) is 19.4 Å². The van der Waals surface area contributed by atoms with Crippen molar-refractivity contribution in [2.45, 2.75) is 27.2 Å². The Balaban J connectivity index is 0.000000704. The molecule has 0 aliphatic carbocycles. The number of urea groups is 1. The van der Waals surface area contributed by atoms with Crippen LogP contribution in [-0.2, 0) is 4.79 Å². The van der Waals surface area contributed by atoms with Crippen LogP contribution in [0.4, 0.5) is 10.6 Å². The molecular weight excluding hydrogens is 256 g/mol. The fraction of sp³-hybridized carbons (Fsp3) is 0.357. The number of fused-ring (bicyclic) bond motifs is 1. The summed E-state index contributed by atoms with van der Waals surface area (Å²) in [7, 11) is 0. The van der Waals surface area contributed by atoms with Crippen LogP contribution in [0.15, 0.2) is 24.5 Å². The Labute approximate surface area is 117 Å². The number of nitrogens with one attached hydrogen (secondary N) is 1. The Morgan fingerprint density at radius 3 is 2.75 bits per heavy atom. The number of aryl methyl sites for hydroxylation is 1. The fourth-order valence-electron chi connectivity index (χ4n) is 2.05. The highest BCUT2D eigenvalue weighted by molar-refractivity contribution is 6.05. The van der Waals surface area contributed by atoms with Crippen molar-refractivity contribution in [1.29, 1.82) is 0 Å². The van der Waals surface area contributed by atoms with Gasteiger partial charge in [-0.05, 0) is 24.6 Å². The van der Waals surface area contributed by atoms with E-state index in [1.807, 2.05) is 43.5 Å². The minimum absolute atomic E-state index is 0.235. The number of anilines is 1. The number of imidazole rings is 1. The lowest BCUT2D eigenvalue weighted by Gasteiger charge is -2.25. The Bertz CT molecular complexity index is 648. The highest BCUT2D eigenvalue weighted by atomic mass is 16.2. The summed E-state index contributed by atoms with van der Waals surface area (Å²) >= 11 is 0. The van der Waals surface area contributed by atoms with Gasteiger partial charge in [0.05, 0.1) is 6.20 Å². The standard InChI is InChI=1S/C12H12N4O2.C2H6/c1-8-2-4-15-9(6-8)13-7-11(15)16-5-3-10(17)14-12(16)18;1-2/h2,4,6-7H,3,5H2,1H3,(H,14,17,18);1-2H3. The molecule has 1 saturated heterocycles. The number of carbonyl (C=O) groups excluding carboxylic acids is 2. The molecule has 1 aliphatic heterocycles. The van der Waals surface area contributed by atoms with Gasteiger partial charge in [-0.25, -0.2) is 9.78 Å². The van der Waals surface area contributed by atoms with Gasteiger partial charge in [0.25, 0.3) is 0 Å². The molecule has 0 atom stereocenters. The van der Waals surface area contributed by atoms with Gasteiger partial charge in [0.1, 0.15) is 11.5 Å². The molecule has 3 heterocycles. The molecule has 106 valence electrons. The van der Waals surface area contributed by atoms with Crippen molar-refractivity contribution in [3.8, 4) is 0 Å². The molecule has 2 aromatic rings. The van der Waals surface area contributed by atoms with Gasteiger partial charge >= 0.3 is 6.03 Å². The minimum Gasteiger partial charge on any atom is -0.286 e. The highest BCUT2D eigenvalue weighted by Gasteiger charge is 2.26. The van der Waals surface area contributed by atoms with Crippen LogP contribution < -0.4 is 10.2 Å². The molecule has 0 spiro atoms. The second-order valence-electron chi connectivity index (χ2n) is 4.30. The summed E-state index contributed by atoms with van der Waals surface area (Å²) < 4.78 is 1.84. The predicted molar refractivity (Wildman–Crippen MR) is 76.8 cm³/mol. The molecule has 3 amide bonds. The van der Waals surface area contributed by atoms with Crippen molar-refractivity contribution in [2.75, 3.05) is 11.4 Å². The minimum atomic E-state index is -0.395. The lowest BCUT2D eigenvalue weighted by molar-refractivity contribution is -0.120. The van der Waals surface area contributed by atoms with E-state index in [4.69, 9.17) is 0 Å². The molecule has 6 nitrogen and oxygen atoms in total. The second-order valence-corrected chi connectivity index (χ2v) is 4.30. The summed E-state index contributed by atoms with van der Waals surface area (Å²) in [5, 5.41) is 2.30. The zero-order valence-electron chi connectivity index (χ0n) is 11.9. The van der Waals surface area contributed by atoms with Gasteiger partial charge < -0.3 is 0 Å². The first-order valence-corrected chi connectivity index (χ1v) is 6.70. The van der Waals surface area contributed by atoms with Crippen LogP contribution in [0.5, 0.6) is 0 Å². The quantitative estimate of drug-likeness (QED) is 0.866. The van der Waals surface area contributed by atoms with E-state index in [0.29, 0.717) is 18.8 Å². The maximum atomic E-state index is 11.8. The van der Waals surface area contributed by atoms with E-state index in [1.165, 1.54) is 4.90 Å². The summed E-state index contributed by atoms with van der Waals surface area (Å²) in [6.45, 7) is 6.37. The molecule has 0 aromatic carbocycles. The molecule has 2 aromatic heterocycles. The maximum absolute atomic E-state index is 11.8. The molecule has 0 saturated carbocycles. The summed E-state index contributed by atoms with van der Waals surface area (Å²) in [6, 6.07) is 3.50. The maximum Gasteiger partial charge on any atom is 0.329 e. The van der Waals surface area contributed by atoms with Crippen molar-refractivity contribution in [2.24, 2.45) is 0 Å². The van der Waals surface area contributed by atoms with E-state index >= 15 is 0 Å².